The van der Waals surface area contributed by atoms with Gasteiger partial charge in [0.2, 0.25) is 0 Å². The molecule has 0 bridgehead atoms. The summed E-state index contributed by atoms with van der Waals surface area (Å²) in [5.74, 6) is 0. The van der Waals surface area contributed by atoms with E-state index in [1.165, 1.54) is 0 Å². The summed E-state index contributed by atoms with van der Waals surface area (Å²) < 4.78 is 1.85. The molecule has 2 aromatic heterocycles. The second-order valence-electron chi connectivity index (χ2n) is 3.03. The minimum Gasteiger partial charge on any atom is -0.390 e. The molecule has 0 atom stereocenters. The molecule has 4 heteroatoms. The lowest BCUT2D eigenvalue weighted by atomic mass is 10.3. The van der Waals surface area contributed by atoms with Crippen LogP contribution in [0.1, 0.15) is 11.4 Å². The van der Waals surface area contributed by atoms with Gasteiger partial charge in [0.1, 0.15) is 0 Å². The third-order valence-corrected chi connectivity index (χ3v) is 2.22. The van der Waals surface area contributed by atoms with Crippen LogP contribution >= 0.6 is 0 Å². The lowest BCUT2D eigenvalue weighted by Gasteiger charge is -2.06. The number of H-pyrrole nitrogens is 1. The summed E-state index contributed by atoms with van der Waals surface area (Å²) in [5.41, 5.74) is 2.43. The molecule has 0 saturated heterocycles. The van der Waals surface area contributed by atoms with Gasteiger partial charge in [0.15, 0.2) is 0 Å². The zero-order chi connectivity index (χ0) is 9.97. The molecule has 0 aliphatic carbocycles. The van der Waals surface area contributed by atoms with Crippen LogP contribution < -0.4 is 0 Å². The van der Waals surface area contributed by atoms with Crippen LogP contribution in [0.4, 0.5) is 0 Å². The fourth-order valence-corrected chi connectivity index (χ4v) is 1.53. The molecule has 0 fully saturated rings. The van der Waals surface area contributed by atoms with Crippen molar-refractivity contribution in [3.8, 4) is 5.69 Å². The highest BCUT2D eigenvalue weighted by Crippen LogP contribution is 2.16. The van der Waals surface area contributed by atoms with Crippen molar-refractivity contribution in [1.29, 1.82) is 0 Å². The molecule has 14 heavy (non-hydrogen) atoms. The Balaban J connectivity index is 2.48. The van der Waals surface area contributed by atoms with Crippen molar-refractivity contribution in [2.75, 3.05) is 0 Å². The van der Waals surface area contributed by atoms with Gasteiger partial charge in [0.05, 0.1) is 24.6 Å². The summed E-state index contributed by atoms with van der Waals surface area (Å²) in [6.07, 6.45) is 3.62. The smallest absolute Gasteiger partial charge is 0.0852 e. The molecule has 3 N–H and O–H groups in total. The van der Waals surface area contributed by atoms with Crippen molar-refractivity contribution in [2.45, 2.75) is 13.2 Å². The first-order valence-electron chi connectivity index (χ1n) is 4.41. The number of hydrogen-bond donors (Lipinski definition) is 3. The Labute approximate surface area is 81.4 Å². The van der Waals surface area contributed by atoms with Gasteiger partial charge >= 0.3 is 0 Å². The first-order valence-corrected chi connectivity index (χ1v) is 4.41. The molecule has 0 aromatic carbocycles. The molecule has 2 heterocycles. The summed E-state index contributed by atoms with van der Waals surface area (Å²) in [7, 11) is 0. The summed E-state index contributed by atoms with van der Waals surface area (Å²) >= 11 is 0. The van der Waals surface area contributed by atoms with Crippen LogP contribution in [0.5, 0.6) is 0 Å². The van der Waals surface area contributed by atoms with Crippen molar-refractivity contribution in [1.82, 2.24) is 9.55 Å². The van der Waals surface area contributed by atoms with Gasteiger partial charge in [-0.15, -0.1) is 0 Å². The molecule has 0 radical (unpaired) electrons. The first-order chi connectivity index (χ1) is 6.86. The van der Waals surface area contributed by atoms with Gasteiger partial charge in [-0.3, -0.25) is 0 Å². The van der Waals surface area contributed by atoms with E-state index in [1.54, 1.807) is 6.20 Å². The molecule has 0 spiro atoms. The maximum Gasteiger partial charge on any atom is 0.0852 e. The molecule has 0 aliphatic heterocycles. The van der Waals surface area contributed by atoms with Crippen molar-refractivity contribution in [3.05, 3.63) is 42.0 Å². The first kappa shape index (κ1) is 9.05. The number of hydrogen-bond acceptors (Lipinski definition) is 2. The van der Waals surface area contributed by atoms with E-state index in [1.807, 2.05) is 29.0 Å². The van der Waals surface area contributed by atoms with E-state index in [0.717, 1.165) is 17.1 Å². The molecule has 0 unspecified atom stereocenters. The van der Waals surface area contributed by atoms with Crippen LogP contribution in [0.2, 0.25) is 0 Å². The largest absolute Gasteiger partial charge is 0.390 e. The average molecular weight is 192 g/mol. The van der Waals surface area contributed by atoms with E-state index < -0.39 is 0 Å². The standard InChI is InChI=1S/C10H12N2O2/c13-6-8-2-1-5-12(8)10-3-4-11-9(10)7-14/h1-5,11,13-14H,6-7H2. The highest BCUT2D eigenvalue weighted by molar-refractivity contribution is 5.39. The van der Waals surface area contributed by atoms with Crippen molar-refractivity contribution >= 4 is 0 Å². The molecule has 0 amide bonds. The number of aromatic amines is 1. The number of nitrogens with zero attached hydrogens (tertiary/aromatic N) is 1. The average Bonchev–Trinajstić information content (AvgIpc) is 2.85. The van der Waals surface area contributed by atoms with Gasteiger partial charge in [-0.2, -0.15) is 0 Å². The van der Waals surface area contributed by atoms with E-state index in [2.05, 4.69) is 4.98 Å². The second kappa shape index (κ2) is 3.69. The van der Waals surface area contributed by atoms with E-state index >= 15 is 0 Å². The number of aromatic nitrogens is 2. The van der Waals surface area contributed by atoms with Crippen LogP contribution in [0.25, 0.3) is 5.69 Å². The fourth-order valence-electron chi connectivity index (χ4n) is 1.53. The predicted octanol–water partition coefficient (Wildman–Crippen LogP) is 0.790. The van der Waals surface area contributed by atoms with Gasteiger partial charge in [0, 0.05) is 18.1 Å². The Morgan fingerprint density at radius 3 is 2.79 bits per heavy atom. The van der Waals surface area contributed by atoms with Gasteiger partial charge in [-0.05, 0) is 18.2 Å². The topological polar surface area (TPSA) is 61.2 Å². The van der Waals surface area contributed by atoms with Crippen molar-refractivity contribution < 1.29 is 10.2 Å². The molecule has 0 saturated carbocycles. The minimum absolute atomic E-state index is 0.0109. The summed E-state index contributed by atoms with van der Waals surface area (Å²) in [5, 5.41) is 18.1. The molecule has 4 nitrogen and oxygen atoms in total. The normalized spacial score (nSPS) is 10.7. The van der Waals surface area contributed by atoms with Gasteiger partial charge in [-0.1, -0.05) is 0 Å². The summed E-state index contributed by atoms with van der Waals surface area (Å²) in [6.45, 7) is -0.0472. The number of nitrogens with one attached hydrogen (secondary N) is 1. The Morgan fingerprint density at radius 1 is 1.21 bits per heavy atom. The van der Waals surface area contributed by atoms with E-state index in [9.17, 15) is 0 Å². The Hall–Kier alpha value is -1.52. The molecule has 0 aliphatic rings. The summed E-state index contributed by atoms with van der Waals surface area (Å²) in [6, 6.07) is 5.57. The molecule has 2 rings (SSSR count). The SMILES string of the molecule is OCc1[nH]ccc1-n1cccc1CO. The van der Waals surface area contributed by atoms with Crippen LogP contribution in [-0.4, -0.2) is 19.8 Å². The maximum atomic E-state index is 9.08. The molecule has 74 valence electrons. The minimum atomic E-state index is -0.0363. The molecular weight excluding hydrogens is 180 g/mol. The maximum absolute atomic E-state index is 9.08. The van der Waals surface area contributed by atoms with Crippen molar-refractivity contribution in [2.24, 2.45) is 0 Å². The van der Waals surface area contributed by atoms with Crippen LogP contribution in [-0.2, 0) is 13.2 Å². The Kier molecular flexibility index (Phi) is 2.39. The van der Waals surface area contributed by atoms with E-state index in [4.69, 9.17) is 10.2 Å². The number of rotatable bonds is 3. The third kappa shape index (κ3) is 1.34. The zero-order valence-corrected chi connectivity index (χ0v) is 7.64. The van der Waals surface area contributed by atoms with Crippen molar-refractivity contribution in [3.63, 3.8) is 0 Å². The number of aliphatic hydroxyl groups excluding tert-OH is 2. The van der Waals surface area contributed by atoms with Gasteiger partial charge < -0.3 is 19.8 Å². The Morgan fingerprint density at radius 2 is 2.07 bits per heavy atom. The quantitative estimate of drug-likeness (QED) is 0.673. The monoisotopic (exact) mass is 192 g/mol. The number of aliphatic hydroxyl groups is 2. The highest BCUT2D eigenvalue weighted by Gasteiger charge is 2.07. The Bertz CT molecular complexity index is 377. The predicted molar refractivity (Wildman–Crippen MR) is 52.0 cm³/mol. The van der Waals surface area contributed by atoms with Gasteiger partial charge in [-0.25, -0.2) is 0 Å². The van der Waals surface area contributed by atoms with E-state index in [-0.39, 0.29) is 13.2 Å². The third-order valence-electron chi connectivity index (χ3n) is 2.22. The fraction of sp³-hybridized carbons (Fsp3) is 0.200. The second-order valence-corrected chi connectivity index (χ2v) is 3.03. The molecular formula is C10H12N2O2. The van der Waals surface area contributed by atoms with Gasteiger partial charge in [0.25, 0.3) is 0 Å². The van der Waals surface area contributed by atoms with Crippen LogP contribution in [0, 0.1) is 0 Å². The van der Waals surface area contributed by atoms with Crippen LogP contribution in [0.3, 0.4) is 0 Å². The lowest BCUT2D eigenvalue weighted by molar-refractivity contribution is 0.271. The highest BCUT2D eigenvalue weighted by atomic mass is 16.3. The molecule has 2 aromatic rings. The van der Waals surface area contributed by atoms with E-state index in [0.29, 0.717) is 0 Å². The lowest BCUT2D eigenvalue weighted by Crippen LogP contribution is -2.00. The van der Waals surface area contributed by atoms with Crippen LogP contribution in [0.15, 0.2) is 30.6 Å². The summed E-state index contributed by atoms with van der Waals surface area (Å²) in [4.78, 5) is 2.94. The zero-order valence-electron chi connectivity index (χ0n) is 7.64.